The minimum absolute atomic E-state index is 0.278. The molecule has 0 aliphatic heterocycles. The van der Waals surface area contributed by atoms with Crippen molar-refractivity contribution in [3.8, 4) is 5.75 Å². The van der Waals surface area contributed by atoms with Gasteiger partial charge in [0, 0.05) is 15.8 Å². The predicted octanol–water partition coefficient (Wildman–Crippen LogP) is 3.45. The van der Waals surface area contributed by atoms with Crippen LogP contribution >= 0.6 is 22.6 Å². The van der Waals surface area contributed by atoms with Crippen LogP contribution in [0, 0.1) is 10.5 Å². The summed E-state index contributed by atoms with van der Waals surface area (Å²) >= 11 is 2.26. The van der Waals surface area contributed by atoms with Crippen molar-refractivity contribution >= 4 is 28.3 Å². The molecule has 1 unspecified atom stereocenters. The van der Waals surface area contributed by atoms with E-state index in [4.69, 9.17) is 4.74 Å². The Morgan fingerprint density at radius 3 is 2.40 bits per heavy atom. The number of aliphatic hydroxyl groups excluding tert-OH is 1. The highest BCUT2D eigenvalue weighted by Gasteiger charge is 2.05. The van der Waals surface area contributed by atoms with Crippen LogP contribution in [0.25, 0.3) is 0 Å². The summed E-state index contributed by atoms with van der Waals surface area (Å²) in [5.41, 5.74) is 2.19. The number of benzene rings is 2. The van der Waals surface area contributed by atoms with E-state index in [0.717, 1.165) is 11.4 Å². The summed E-state index contributed by atoms with van der Waals surface area (Å²) in [4.78, 5) is 0. The standard InChI is InChI=1S/C16H18INO2/c1-12-2-8-16(9-3-12)20-11-15(19)10-18-14-6-4-13(17)5-7-14/h2-9,15,18-19H,10-11H2,1H3. The van der Waals surface area contributed by atoms with Gasteiger partial charge in [-0.2, -0.15) is 0 Å². The first-order valence-corrected chi connectivity index (χ1v) is 7.58. The fraction of sp³-hybridized carbons (Fsp3) is 0.250. The number of nitrogens with one attached hydrogen (secondary N) is 1. The highest BCUT2D eigenvalue weighted by atomic mass is 127. The maximum absolute atomic E-state index is 9.89. The molecule has 106 valence electrons. The molecule has 0 aromatic heterocycles. The van der Waals surface area contributed by atoms with Gasteiger partial charge in [-0.3, -0.25) is 0 Å². The van der Waals surface area contributed by atoms with Gasteiger partial charge in [-0.1, -0.05) is 17.7 Å². The van der Waals surface area contributed by atoms with Crippen LogP contribution in [0.4, 0.5) is 5.69 Å². The van der Waals surface area contributed by atoms with E-state index in [0.29, 0.717) is 6.54 Å². The summed E-state index contributed by atoms with van der Waals surface area (Å²) in [7, 11) is 0. The molecule has 0 saturated heterocycles. The number of rotatable bonds is 6. The Hall–Kier alpha value is -1.27. The van der Waals surface area contributed by atoms with Gasteiger partial charge in [0.15, 0.2) is 0 Å². The topological polar surface area (TPSA) is 41.5 Å². The lowest BCUT2D eigenvalue weighted by Gasteiger charge is -2.14. The Balaban J connectivity index is 1.73. The largest absolute Gasteiger partial charge is 0.491 e. The molecule has 20 heavy (non-hydrogen) atoms. The fourth-order valence-corrected chi connectivity index (χ4v) is 2.05. The zero-order chi connectivity index (χ0) is 14.4. The van der Waals surface area contributed by atoms with Crippen LogP contribution in [0.3, 0.4) is 0 Å². The van der Waals surface area contributed by atoms with E-state index in [-0.39, 0.29) is 6.61 Å². The zero-order valence-corrected chi connectivity index (χ0v) is 13.5. The molecule has 0 aliphatic rings. The van der Waals surface area contributed by atoms with Crippen LogP contribution in [0.2, 0.25) is 0 Å². The van der Waals surface area contributed by atoms with Gasteiger partial charge < -0.3 is 15.2 Å². The summed E-state index contributed by atoms with van der Waals surface area (Å²) in [6, 6.07) is 15.8. The minimum atomic E-state index is -0.546. The van der Waals surface area contributed by atoms with Crippen LogP contribution in [0.15, 0.2) is 48.5 Å². The van der Waals surface area contributed by atoms with Gasteiger partial charge in [-0.15, -0.1) is 0 Å². The van der Waals surface area contributed by atoms with Gasteiger partial charge >= 0.3 is 0 Å². The average molecular weight is 383 g/mol. The lowest BCUT2D eigenvalue weighted by Crippen LogP contribution is -2.26. The summed E-state index contributed by atoms with van der Waals surface area (Å²) in [6.07, 6.45) is -0.546. The van der Waals surface area contributed by atoms with Crippen molar-refractivity contribution in [1.82, 2.24) is 0 Å². The molecule has 0 amide bonds. The highest BCUT2D eigenvalue weighted by Crippen LogP contribution is 2.13. The monoisotopic (exact) mass is 383 g/mol. The molecule has 2 aromatic carbocycles. The van der Waals surface area contributed by atoms with Crippen molar-refractivity contribution in [3.05, 3.63) is 57.7 Å². The van der Waals surface area contributed by atoms with E-state index >= 15 is 0 Å². The molecular formula is C16H18INO2. The molecule has 0 aliphatic carbocycles. The van der Waals surface area contributed by atoms with Gasteiger partial charge in [0.1, 0.15) is 18.5 Å². The smallest absolute Gasteiger partial charge is 0.119 e. The fourth-order valence-electron chi connectivity index (χ4n) is 1.69. The molecule has 0 bridgehead atoms. The third kappa shape index (κ3) is 5.02. The second kappa shape index (κ2) is 7.50. The molecule has 0 saturated carbocycles. The Bertz CT molecular complexity index is 476. The number of aliphatic hydroxyl groups is 1. The molecule has 0 spiro atoms. The quantitative estimate of drug-likeness (QED) is 0.751. The van der Waals surface area contributed by atoms with Gasteiger partial charge in [0.2, 0.25) is 0 Å². The van der Waals surface area contributed by atoms with Crippen molar-refractivity contribution < 1.29 is 9.84 Å². The van der Waals surface area contributed by atoms with Crippen molar-refractivity contribution in [2.24, 2.45) is 0 Å². The van der Waals surface area contributed by atoms with Crippen LogP contribution in [0.1, 0.15) is 5.56 Å². The van der Waals surface area contributed by atoms with E-state index in [1.54, 1.807) is 0 Å². The Kier molecular flexibility index (Phi) is 5.67. The van der Waals surface area contributed by atoms with Gasteiger partial charge in [-0.05, 0) is 65.9 Å². The normalized spacial score (nSPS) is 11.9. The number of anilines is 1. The number of hydrogen-bond acceptors (Lipinski definition) is 3. The van der Waals surface area contributed by atoms with E-state index in [2.05, 4.69) is 27.9 Å². The Morgan fingerprint density at radius 1 is 1.10 bits per heavy atom. The van der Waals surface area contributed by atoms with Crippen molar-refractivity contribution in [2.75, 3.05) is 18.5 Å². The van der Waals surface area contributed by atoms with Crippen LogP contribution in [-0.2, 0) is 0 Å². The summed E-state index contributed by atoms with van der Waals surface area (Å²) < 4.78 is 6.73. The van der Waals surface area contributed by atoms with Crippen LogP contribution in [-0.4, -0.2) is 24.4 Å². The average Bonchev–Trinajstić information content (AvgIpc) is 2.46. The molecule has 2 rings (SSSR count). The van der Waals surface area contributed by atoms with Gasteiger partial charge in [0.05, 0.1) is 0 Å². The highest BCUT2D eigenvalue weighted by molar-refractivity contribution is 14.1. The molecular weight excluding hydrogens is 365 g/mol. The van der Waals surface area contributed by atoms with Crippen LogP contribution in [0.5, 0.6) is 5.75 Å². The SMILES string of the molecule is Cc1ccc(OCC(O)CNc2ccc(I)cc2)cc1. The number of aryl methyl sites for hydroxylation is 1. The summed E-state index contributed by atoms with van der Waals surface area (Å²) in [5, 5.41) is 13.1. The third-order valence-electron chi connectivity index (χ3n) is 2.85. The third-order valence-corrected chi connectivity index (χ3v) is 3.57. The van der Waals surface area contributed by atoms with Crippen LogP contribution < -0.4 is 10.1 Å². The number of hydrogen-bond donors (Lipinski definition) is 2. The lowest BCUT2D eigenvalue weighted by molar-refractivity contribution is 0.117. The molecule has 0 heterocycles. The first-order chi connectivity index (χ1) is 9.63. The van der Waals surface area contributed by atoms with Gasteiger partial charge in [0.25, 0.3) is 0 Å². The first-order valence-electron chi connectivity index (χ1n) is 6.50. The molecule has 3 nitrogen and oxygen atoms in total. The molecule has 0 fully saturated rings. The minimum Gasteiger partial charge on any atom is -0.491 e. The Morgan fingerprint density at radius 2 is 1.75 bits per heavy atom. The van der Waals surface area contributed by atoms with E-state index in [9.17, 15) is 5.11 Å². The van der Waals surface area contributed by atoms with Crippen molar-refractivity contribution in [1.29, 1.82) is 0 Å². The lowest BCUT2D eigenvalue weighted by atomic mass is 10.2. The second-order valence-corrected chi connectivity index (χ2v) is 5.91. The molecule has 4 heteroatoms. The number of ether oxygens (including phenoxy) is 1. The van der Waals surface area contributed by atoms with Gasteiger partial charge in [-0.25, -0.2) is 0 Å². The maximum atomic E-state index is 9.89. The van der Waals surface area contributed by atoms with E-state index < -0.39 is 6.10 Å². The maximum Gasteiger partial charge on any atom is 0.119 e. The Labute approximate surface area is 133 Å². The predicted molar refractivity (Wildman–Crippen MR) is 90.3 cm³/mol. The second-order valence-electron chi connectivity index (χ2n) is 4.67. The molecule has 0 radical (unpaired) electrons. The van der Waals surface area contributed by atoms with Crippen molar-refractivity contribution in [2.45, 2.75) is 13.0 Å². The van der Waals surface area contributed by atoms with Crippen molar-refractivity contribution in [3.63, 3.8) is 0 Å². The summed E-state index contributed by atoms with van der Waals surface area (Å²) in [5.74, 6) is 0.781. The molecule has 2 aromatic rings. The van der Waals surface area contributed by atoms with E-state index in [1.165, 1.54) is 9.13 Å². The zero-order valence-electron chi connectivity index (χ0n) is 11.3. The molecule has 2 N–H and O–H groups in total. The number of halogens is 1. The summed E-state index contributed by atoms with van der Waals surface area (Å²) in [6.45, 7) is 2.77. The molecule has 1 atom stereocenters. The first kappa shape index (κ1) is 15.1. The van der Waals surface area contributed by atoms with E-state index in [1.807, 2.05) is 55.5 Å².